The van der Waals surface area contributed by atoms with E-state index in [-0.39, 0.29) is 27.0 Å². The monoisotopic (exact) mass is 493 g/mol. The van der Waals surface area contributed by atoms with Crippen LogP contribution >= 0.6 is 11.5 Å². The lowest BCUT2D eigenvalue weighted by molar-refractivity contribution is 0.433. The second-order valence-corrected chi connectivity index (χ2v) is 9.30. The molecule has 0 saturated heterocycles. The number of aromatic hydroxyl groups is 1. The van der Waals surface area contributed by atoms with Crippen molar-refractivity contribution in [3.63, 3.8) is 0 Å². The van der Waals surface area contributed by atoms with Crippen LogP contribution in [-0.2, 0) is 10.0 Å². The van der Waals surface area contributed by atoms with Crippen LogP contribution in [0.3, 0.4) is 0 Å². The van der Waals surface area contributed by atoms with Crippen molar-refractivity contribution in [1.82, 2.24) is 18.6 Å². The van der Waals surface area contributed by atoms with Gasteiger partial charge in [-0.05, 0) is 37.4 Å². The summed E-state index contributed by atoms with van der Waals surface area (Å²) in [4.78, 5) is 17.3. The van der Waals surface area contributed by atoms with E-state index in [1.807, 2.05) is 30.3 Å². The smallest absolute Gasteiger partial charge is 0.285 e. The minimum Gasteiger partial charge on any atom is -0.493 e. The maximum absolute atomic E-state index is 13.0. The number of nitrogens with one attached hydrogen (secondary N) is 1. The van der Waals surface area contributed by atoms with Gasteiger partial charge in [-0.2, -0.15) is 14.6 Å². The van der Waals surface area contributed by atoms with Crippen LogP contribution in [-0.4, -0.2) is 34.5 Å². The van der Waals surface area contributed by atoms with E-state index >= 15 is 0 Å². The second-order valence-electron chi connectivity index (χ2n) is 6.69. The Morgan fingerprint density at radius 1 is 1.12 bits per heavy atom. The van der Waals surface area contributed by atoms with Gasteiger partial charge in [0.1, 0.15) is 11.6 Å². The number of pyridine rings is 1. The van der Waals surface area contributed by atoms with Gasteiger partial charge in [0.2, 0.25) is 21.0 Å². The first-order chi connectivity index (χ1) is 16.3. The zero-order chi connectivity index (χ0) is 24.3. The summed E-state index contributed by atoms with van der Waals surface area (Å²) in [6.07, 6.45) is 0. The molecule has 13 heteroatoms. The van der Waals surface area contributed by atoms with Gasteiger partial charge >= 0.3 is 0 Å². The molecule has 0 aliphatic heterocycles. The number of aromatic nitrogens is 3. The quantitative estimate of drug-likeness (QED) is 0.389. The number of benzene rings is 2. The van der Waals surface area contributed by atoms with Crippen molar-refractivity contribution in [3.05, 3.63) is 76.6 Å². The van der Waals surface area contributed by atoms with E-state index in [4.69, 9.17) is 0 Å². The van der Waals surface area contributed by atoms with E-state index in [0.29, 0.717) is 5.82 Å². The van der Waals surface area contributed by atoms with Crippen molar-refractivity contribution < 1.29 is 13.5 Å². The Bertz CT molecular complexity index is 1590. The largest absolute Gasteiger partial charge is 0.493 e. The van der Waals surface area contributed by atoms with Gasteiger partial charge in [-0.25, -0.2) is 17.7 Å². The highest BCUT2D eigenvalue weighted by Gasteiger charge is 2.17. The number of sulfonamides is 1. The van der Waals surface area contributed by atoms with E-state index < -0.39 is 21.5 Å². The van der Waals surface area contributed by atoms with Crippen LogP contribution in [0.15, 0.2) is 80.6 Å². The second kappa shape index (κ2) is 9.32. The molecule has 2 aromatic heterocycles. The fourth-order valence-corrected chi connectivity index (χ4v) is 4.19. The molecule has 0 spiro atoms. The van der Waals surface area contributed by atoms with Crippen molar-refractivity contribution in [1.29, 1.82) is 5.26 Å². The predicted molar refractivity (Wildman–Crippen MR) is 124 cm³/mol. The number of rotatable bonds is 6. The van der Waals surface area contributed by atoms with Crippen LogP contribution in [0, 0.1) is 11.3 Å². The maximum atomic E-state index is 13.0. The molecule has 0 aliphatic rings. The maximum Gasteiger partial charge on any atom is 0.285 e. The highest BCUT2D eigenvalue weighted by atomic mass is 32.2. The number of hydrogen-bond donors (Lipinski definition) is 2. The fourth-order valence-electron chi connectivity index (χ4n) is 2.94. The Morgan fingerprint density at radius 2 is 1.82 bits per heavy atom. The third kappa shape index (κ3) is 4.46. The fraction of sp³-hybridized carbons (Fsp3) is 0.0476. The first-order valence-electron chi connectivity index (χ1n) is 9.58. The highest BCUT2D eigenvalue weighted by Crippen LogP contribution is 2.27. The van der Waals surface area contributed by atoms with E-state index in [9.17, 15) is 23.6 Å². The lowest BCUT2D eigenvalue weighted by atomic mass is 10.2. The molecule has 4 aromatic rings. The van der Waals surface area contributed by atoms with Gasteiger partial charge in [0.25, 0.3) is 5.56 Å². The molecule has 0 aliphatic carbocycles. The normalized spacial score (nSPS) is 11.5. The van der Waals surface area contributed by atoms with E-state index in [1.165, 1.54) is 31.3 Å². The Kier molecular flexibility index (Phi) is 6.28. The summed E-state index contributed by atoms with van der Waals surface area (Å²) in [5, 5.41) is 27.9. The molecule has 170 valence electrons. The van der Waals surface area contributed by atoms with Gasteiger partial charge in [-0.1, -0.05) is 30.3 Å². The van der Waals surface area contributed by atoms with Gasteiger partial charge in [0.15, 0.2) is 11.5 Å². The molecule has 0 fully saturated rings. The van der Waals surface area contributed by atoms with Crippen LogP contribution in [0.5, 0.6) is 5.88 Å². The summed E-state index contributed by atoms with van der Waals surface area (Å²) in [6.45, 7) is 0. The summed E-state index contributed by atoms with van der Waals surface area (Å²) in [7, 11) is -2.42. The van der Waals surface area contributed by atoms with Gasteiger partial charge < -0.3 is 5.11 Å². The molecule has 0 radical (unpaired) electrons. The Hall–Kier alpha value is -4.25. The van der Waals surface area contributed by atoms with Crippen molar-refractivity contribution in [2.24, 2.45) is 10.2 Å². The third-order valence-electron chi connectivity index (χ3n) is 4.64. The number of azo groups is 1. The van der Waals surface area contributed by atoms with Crippen LogP contribution in [0.4, 0.5) is 10.8 Å². The summed E-state index contributed by atoms with van der Waals surface area (Å²) in [6, 6.07) is 17.3. The Labute approximate surface area is 197 Å². The highest BCUT2D eigenvalue weighted by molar-refractivity contribution is 7.89. The number of nitriles is 1. The van der Waals surface area contributed by atoms with Crippen molar-refractivity contribution in [3.8, 4) is 29.0 Å². The molecule has 2 aromatic carbocycles. The zero-order valence-electron chi connectivity index (χ0n) is 17.4. The summed E-state index contributed by atoms with van der Waals surface area (Å²) in [5.74, 6) is -0.157. The van der Waals surface area contributed by atoms with Crippen molar-refractivity contribution in [2.75, 3.05) is 7.05 Å². The molecule has 2 heterocycles. The lowest BCUT2D eigenvalue weighted by Crippen LogP contribution is -2.20. The predicted octanol–water partition coefficient (Wildman–Crippen LogP) is 3.26. The van der Waals surface area contributed by atoms with Crippen molar-refractivity contribution >= 4 is 32.4 Å². The van der Waals surface area contributed by atoms with E-state index in [2.05, 4.69) is 24.3 Å². The summed E-state index contributed by atoms with van der Waals surface area (Å²) >= 11 is 0.982. The third-order valence-corrected chi connectivity index (χ3v) is 6.67. The SMILES string of the molecule is CNS(=O)(=O)c1ccc(-n2c(O)c(C#N)cc(N=Nc3nc(-c4ccccc4)ns3)c2=O)cc1. The molecule has 0 saturated carbocycles. The average molecular weight is 494 g/mol. The molecule has 0 bridgehead atoms. The summed E-state index contributed by atoms with van der Waals surface area (Å²) < 4.78 is 31.1. The van der Waals surface area contributed by atoms with E-state index in [1.54, 1.807) is 6.07 Å². The Balaban J connectivity index is 1.73. The van der Waals surface area contributed by atoms with Gasteiger partial charge in [0, 0.05) is 17.1 Å². The minimum absolute atomic E-state index is 0.0341. The molecule has 11 nitrogen and oxygen atoms in total. The molecule has 0 amide bonds. The van der Waals surface area contributed by atoms with Crippen LogP contribution in [0.1, 0.15) is 5.56 Å². The van der Waals surface area contributed by atoms with Gasteiger partial charge in [-0.3, -0.25) is 4.79 Å². The summed E-state index contributed by atoms with van der Waals surface area (Å²) in [5.41, 5.74) is -0.284. The first-order valence-corrected chi connectivity index (χ1v) is 11.8. The first kappa shape index (κ1) is 22.9. The molecule has 2 N–H and O–H groups in total. The molecular formula is C21H15N7O4S2. The molecule has 0 atom stereocenters. The topological polar surface area (TPSA) is 163 Å². The number of hydrogen-bond acceptors (Lipinski definition) is 10. The average Bonchev–Trinajstić information content (AvgIpc) is 3.34. The van der Waals surface area contributed by atoms with E-state index in [0.717, 1.165) is 27.7 Å². The lowest BCUT2D eigenvalue weighted by Gasteiger charge is -2.11. The zero-order valence-corrected chi connectivity index (χ0v) is 19.1. The molecular weight excluding hydrogens is 478 g/mol. The molecule has 4 rings (SSSR count). The molecule has 0 unspecified atom stereocenters. The van der Waals surface area contributed by atoms with Gasteiger partial charge in [-0.15, -0.1) is 10.2 Å². The van der Waals surface area contributed by atoms with Crippen molar-refractivity contribution in [2.45, 2.75) is 4.90 Å². The van der Waals surface area contributed by atoms with Crippen LogP contribution in [0.25, 0.3) is 17.1 Å². The number of nitrogens with zero attached hydrogens (tertiary/aromatic N) is 6. The Morgan fingerprint density at radius 3 is 2.47 bits per heavy atom. The standard InChI is InChI=1S/C21H15N7O4S2/c1-23-34(31,32)16-9-7-15(8-10-16)28-19(29)14(12-22)11-17(20(28)30)25-26-21-24-18(27-33-21)13-5-3-2-4-6-13/h2-11,23,29H,1H3. The minimum atomic E-state index is -3.69. The molecule has 34 heavy (non-hydrogen) atoms. The van der Waals surface area contributed by atoms with Crippen LogP contribution < -0.4 is 10.3 Å². The van der Waals surface area contributed by atoms with Gasteiger partial charge in [0.05, 0.1) is 10.6 Å². The van der Waals surface area contributed by atoms with Crippen LogP contribution in [0.2, 0.25) is 0 Å².